The Morgan fingerprint density at radius 1 is 0.935 bits per heavy atom. The smallest absolute Gasteiger partial charge is 0.308 e. The summed E-state index contributed by atoms with van der Waals surface area (Å²) in [6.45, 7) is 1.26. The summed E-state index contributed by atoms with van der Waals surface area (Å²) >= 11 is 6.11. The molecule has 0 saturated carbocycles. The third-order valence-corrected chi connectivity index (χ3v) is 4.88. The number of aromatic nitrogens is 1. The van der Waals surface area contributed by atoms with E-state index in [1.807, 2.05) is 6.07 Å². The highest BCUT2D eigenvalue weighted by atomic mass is 35.5. The van der Waals surface area contributed by atoms with Gasteiger partial charge in [-0.15, -0.1) is 0 Å². The summed E-state index contributed by atoms with van der Waals surface area (Å²) in [6.07, 6.45) is 0. The first-order valence-electron chi connectivity index (χ1n) is 9.44. The van der Waals surface area contributed by atoms with Gasteiger partial charge in [-0.1, -0.05) is 54.1 Å². The number of carbonyl (C=O) groups excluding carboxylic acids is 3. The number of hydrogen-bond acceptors (Lipinski definition) is 4. The zero-order valence-corrected chi connectivity index (χ0v) is 17.2. The number of halogens is 1. The van der Waals surface area contributed by atoms with Crippen LogP contribution in [0.3, 0.4) is 0 Å². The number of fused-ring (bicyclic) bond motifs is 1. The van der Waals surface area contributed by atoms with Gasteiger partial charge >= 0.3 is 5.97 Å². The SMILES string of the molecule is CC(=O)Oc1ccccc1C(=O)Nc1c(C(=O)c2ccccc2)[nH]c2cc(Cl)ccc12. The van der Waals surface area contributed by atoms with Gasteiger partial charge in [-0.05, 0) is 30.3 Å². The Morgan fingerprint density at radius 2 is 1.65 bits per heavy atom. The van der Waals surface area contributed by atoms with E-state index in [9.17, 15) is 14.4 Å². The highest BCUT2D eigenvalue weighted by molar-refractivity contribution is 6.31. The molecule has 31 heavy (non-hydrogen) atoms. The van der Waals surface area contributed by atoms with Gasteiger partial charge in [-0.2, -0.15) is 0 Å². The van der Waals surface area contributed by atoms with E-state index >= 15 is 0 Å². The second kappa shape index (κ2) is 8.45. The predicted molar refractivity (Wildman–Crippen MR) is 119 cm³/mol. The maximum atomic E-state index is 13.2. The van der Waals surface area contributed by atoms with Gasteiger partial charge in [0.1, 0.15) is 11.4 Å². The van der Waals surface area contributed by atoms with Crippen molar-refractivity contribution in [2.45, 2.75) is 6.92 Å². The molecule has 1 heterocycles. The number of amides is 1. The number of benzene rings is 3. The number of H-pyrrole nitrogens is 1. The molecule has 3 aromatic carbocycles. The van der Waals surface area contributed by atoms with Crippen LogP contribution < -0.4 is 10.1 Å². The van der Waals surface area contributed by atoms with Gasteiger partial charge < -0.3 is 15.0 Å². The van der Waals surface area contributed by atoms with E-state index in [1.165, 1.54) is 19.1 Å². The fourth-order valence-electron chi connectivity index (χ4n) is 3.28. The summed E-state index contributed by atoms with van der Waals surface area (Å²) in [5.41, 5.74) is 1.79. The van der Waals surface area contributed by atoms with E-state index in [-0.39, 0.29) is 22.8 Å². The van der Waals surface area contributed by atoms with Gasteiger partial charge in [0.05, 0.1) is 11.3 Å². The molecule has 0 aliphatic carbocycles. The number of anilines is 1. The molecule has 1 aromatic heterocycles. The van der Waals surface area contributed by atoms with Crippen molar-refractivity contribution in [3.63, 3.8) is 0 Å². The molecule has 6 nitrogen and oxygen atoms in total. The van der Waals surface area contributed by atoms with Gasteiger partial charge in [-0.3, -0.25) is 14.4 Å². The zero-order valence-electron chi connectivity index (χ0n) is 16.4. The number of rotatable bonds is 5. The minimum Gasteiger partial charge on any atom is -0.426 e. The Kier molecular flexibility index (Phi) is 5.56. The van der Waals surface area contributed by atoms with Crippen LogP contribution in [0.1, 0.15) is 33.3 Å². The average molecular weight is 433 g/mol. The second-order valence-corrected chi connectivity index (χ2v) is 7.24. The van der Waals surface area contributed by atoms with Crippen LogP contribution in [0, 0.1) is 0 Å². The van der Waals surface area contributed by atoms with Crippen molar-refractivity contribution in [1.29, 1.82) is 0 Å². The molecule has 4 aromatic rings. The number of nitrogens with one attached hydrogen (secondary N) is 2. The highest BCUT2D eigenvalue weighted by Crippen LogP contribution is 2.32. The molecule has 1 amide bonds. The Labute approximate surface area is 182 Å². The topological polar surface area (TPSA) is 88.3 Å². The number of esters is 1. The van der Waals surface area contributed by atoms with Gasteiger partial charge in [-0.25, -0.2) is 0 Å². The Bertz CT molecular complexity index is 1310. The molecule has 0 aliphatic heterocycles. The molecule has 0 spiro atoms. The monoisotopic (exact) mass is 432 g/mol. The van der Waals surface area contributed by atoms with E-state index in [1.54, 1.807) is 54.6 Å². The largest absolute Gasteiger partial charge is 0.426 e. The molecule has 0 radical (unpaired) electrons. The van der Waals surface area contributed by atoms with Crippen molar-refractivity contribution in [2.75, 3.05) is 5.32 Å². The number of para-hydroxylation sites is 1. The van der Waals surface area contributed by atoms with Crippen molar-refractivity contribution >= 4 is 45.9 Å². The summed E-state index contributed by atoms with van der Waals surface area (Å²) in [6, 6.07) is 20.2. The van der Waals surface area contributed by atoms with E-state index in [0.717, 1.165) is 0 Å². The summed E-state index contributed by atoms with van der Waals surface area (Å²) < 4.78 is 5.14. The van der Waals surface area contributed by atoms with Crippen molar-refractivity contribution in [2.24, 2.45) is 0 Å². The van der Waals surface area contributed by atoms with Crippen LogP contribution >= 0.6 is 11.6 Å². The summed E-state index contributed by atoms with van der Waals surface area (Å²) in [4.78, 5) is 40.7. The lowest BCUT2D eigenvalue weighted by molar-refractivity contribution is -0.131. The van der Waals surface area contributed by atoms with Crippen molar-refractivity contribution in [3.8, 4) is 5.75 Å². The fraction of sp³-hybridized carbons (Fsp3) is 0.0417. The van der Waals surface area contributed by atoms with E-state index in [0.29, 0.717) is 27.2 Å². The van der Waals surface area contributed by atoms with Gasteiger partial charge in [0.2, 0.25) is 5.78 Å². The Morgan fingerprint density at radius 3 is 2.39 bits per heavy atom. The maximum absolute atomic E-state index is 13.2. The summed E-state index contributed by atoms with van der Waals surface area (Å²) in [5.74, 6) is -1.21. The summed E-state index contributed by atoms with van der Waals surface area (Å²) in [7, 11) is 0. The molecule has 7 heteroatoms. The molecule has 0 fully saturated rings. The number of ketones is 1. The average Bonchev–Trinajstić information content (AvgIpc) is 3.11. The number of hydrogen-bond donors (Lipinski definition) is 2. The van der Waals surface area contributed by atoms with Gasteiger partial charge in [0.15, 0.2) is 0 Å². The van der Waals surface area contributed by atoms with Gasteiger partial charge in [0.25, 0.3) is 5.91 Å². The molecule has 154 valence electrons. The van der Waals surface area contributed by atoms with Crippen LogP contribution in [0.25, 0.3) is 10.9 Å². The van der Waals surface area contributed by atoms with Crippen molar-refractivity contribution < 1.29 is 19.1 Å². The lowest BCUT2D eigenvalue weighted by Crippen LogP contribution is -2.16. The number of aromatic amines is 1. The van der Waals surface area contributed by atoms with Crippen LogP contribution in [-0.4, -0.2) is 22.6 Å². The fourth-order valence-corrected chi connectivity index (χ4v) is 3.45. The van der Waals surface area contributed by atoms with Crippen LogP contribution in [0.2, 0.25) is 5.02 Å². The van der Waals surface area contributed by atoms with Gasteiger partial charge in [0, 0.05) is 28.4 Å². The van der Waals surface area contributed by atoms with Crippen LogP contribution in [0.5, 0.6) is 5.75 Å². The number of ether oxygens (including phenoxy) is 1. The first kappa shape index (κ1) is 20.4. The Hall–Kier alpha value is -3.90. The van der Waals surface area contributed by atoms with Crippen molar-refractivity contribution in [1.82, 2.24) is 4.98 Å². The third-order valence-electron chi connectivity index (χ3n) is 4.65. The standard InChI is InChI=1S/C24H17ClN2O4/c1-14(28)31-20-10-6-5-9-18(20)24(30)27-21-17-12-11-16(25)13-19(17)26-22(21)23(29)15-7-3-2-4-8-15/h2-13,26H,1H3,(H,27,30). The number of carbonyl (C=O) groups is 3. The zero-order chi connectivity index (χ0) is 22.0. The van der Waals surface area contributed by atoms with Crippen LogP contribution in [0.15, 0.2) is 72.8 Å². The predicted octanol–water partition coefficient (Wildman–Crippen LogP) is 5.23. The van der Waals surface area contributed by atoms with E-state index < -0.39 is 11.9 Å². The van der Waals surface area contributed by atoms with Crippen LogP contribution in [0.4, 0.5) is 5.69 Å². The molecule has 0 saturated heterocycles. The lowest BCUT2D eigenvalue weighted by atomic mass is 10.1. The third kappa shape index (κ3) is 4.20. The molecule has 0 bridgehead atoms. The molecular weight excluding hydrogens is 416 g/mol. The first-order chi connectivity index (χ1) is 14.9. The molecule has 0 unspecified atom stereocenters. The second-order valence-electron chi connectivity index (χ2n) is 6.80. The van der Waals surface area contributed by atoms with E-state index in [2.05, 4.69) is 10.3 Å². The minimum atomic E-state index is -0.540. The lowest BCUT2D eigenvalue weighted by Gasteiger charge is -2.10. The summed E-state index contributed by atoms with van der Waals surface area (Å²) in [5, 5.41) is 3.93. The molecule has 0 atom stereocenters. The minimum absolute atomic E-state index is 0.131. The van der Waals surface area contributed by atoms with Crippen LogP contribution in [-0.2, 0) is 4.79 Å². The molecule has 4 rings (SSSR count). The molecule has 2 N–H and O–H groups in total. The van der Waals surface area contributed by atoms with Crippen molar-refractivity contribution in [3.05, 3.63) is 94.6 Å². The Balaban J connectivity index is 1.79. The maximum Gasteiger partial charge on any atom is 0.308 e. The van der Waals surface area contributed by atoms with E-state index in [4.69, 9.17) is 16.3 Å². The highest BCUT2D eigenvalue weighted by Gasteiger charge is 2.23. The quantitative estimate of drug-likeness (QED) is 0.257. The first-order valence-corrected chi connectivity index (χ1v) is 9.81. The molecule has 0 aliphatic rings. The normalized spacial score (nSPS) is 10.6. The molecular formula is C24H17ClN2O4.